The van der Waals surface area contributed by atoms with Crippen LogP contribution in [0.4, 0.5) is 4.39 Å². The molecule has 0 spiro atoms. The zero-order chi connectivity index (χ0) is 24.1. The van der Waals surface area contributed by atoms with Crippen molar-refractivity contribution in [3.8, 4) is 5.75 Å². The molecule has 1 aromatic heterocycles. The second kappa shape index (κ2) is 13.8. The number of hydrogen-bond acceptors (Lipinski definition) is 5. The Morgan fingerprint density at radius 2 is 1.82 bits per heavy atom. The number of halogens is 1. The van der Waals surface area contributed by atoms with Gasteiger partial charge in [-0.15, -0.1) is 0 Å². The third kappa shape index (κ3) is 8.17. The third-order valence-electron chi connectivity index (χ3n) is 4.91. The Bertz CT molecular complexity index is 989. The van der Waals surface area contributed by atoms with Crippen molar-refractivity contribution in [1.29, 1.82) is 0 Å². The number of benzene rings is 1. The number of rotatable bonds is 14. The molecule has 0 atom stereocenters. The molecule has 0 bridgehead atoms. The minimum atomic E-state index is -0.683. The predicted molar refractivity (Wildman–Crippen MR) is 122 cm³/mol. The summed E-state index contributed by atoms with van der Waals surface area (Å²) in [5, 5.41) is 5.34. The van der Waals surface area contributed by atoms with E-state index in [1.165, 1.54) is 30.5 Å². The average molecular weight is 460 g/mol. The third-order valence-corrected chi connectivity index (χ3v) is 4.91. The topological polar surface area (TPSA) is 117 Å². The normalized spacial score (nSPS) is 10.5. The van der Waals surface area contributed by atoms with Gasteiger partial charge in [-0.05, 0) is 37.0 Å². The molecule has 0 saturated heterocycles. The van der Waals surface area contributed by atoms with Crippen molar-refractivity contribution in [1.82, 2.24) is 15.6 Å². The van der Waals surface area contributed by atoms with Crippen LogP contribution in [0.1, 0.15) is 71.9 Å². The van der Waals surface area contributed by atoms with E-state index in [1.807, 2.05) is 6.92 Å². The Balaban J connectivity index is 2.11. The van der Waals surface area contributed by atoms with Crippen LogP contribution in [0.15, 0.2) is 35.3 Å². The minimum Gasteiger partial charge on any atom is -0.487 e. The van der Waals surface area contributed by atoms with Crippen molar-refractivity contribution in [3.63, 3.8) is 0 Å². The molecular formula is C24H30FN3O5. The summed E-state index contributed by atoms with van der Waals surface area (Å²) >= 11 is 0. The van der Waals surface area contributed by atoms with E-state index < -0.39 is 17.2 Å². The summed E-state index contributed by atoms with van der Waals surface area (Å²) < 4.78 is 18.6. The number of nitrogens with one attached hydrogen (secondary N) is 3. The van der Waals surface area contributed by atoms with Crippen LogP contribution < -0.4 is 20.8 Å². The first-order chi connectivity index (χ1) is 16.0. The van der Waals surface area contributed by atoms with Crippen LogP contribution in [0.3, 0.4) is 0 Å². The number of amides is 2. The van der Waals surface area contributed by atoms with Crippen molar-refractivity contribution < 1.29 is 23.5 Å². The maximum Gasteiger partial charge on any atom is 0.271 e. The molecular weight excluding hydrogens is 429 g/mol. The lowest BCUT2D eigenvalue weighted by Crippen LogP contribution is -2.32. The highest BCUT2D eigenvalue weighted by atomic mass is 19.1. The second-order valence-corrected chi connectivity index (χ2v) is 7.52. The highest BCUT2D eigenvalue weighted by Gasteiger charge is 2.22. The Morgan fingerprint density at radius 1 is 1.06 bits per heavy atom. The molecule has 8 nitrogen and oxygen atoms in total. The van der Waals surface area contributed by atoms with Crippen LogP contribution in [0, 0.1) is 5.82 Å². The lowest BCUT2D eigenvalue weighted by atomic mass is 10.1. The smallest absolute Gasteiger partial charge is 0.271 e. The Labute approximate surface area is 191 Å². The van der Waals surface area contributed by atoms with Crippen molar-refractivity contribution in [3.05, 3.63) is 63.3 Å². The van der Waals surface area contributed by atoms with Gasteiger partial charge in [0.25, 0.3) is 11.8 Å². The average Bonchev–Trinajstić information content (AvgIpc) is 2.81. The molecule has 1 aromatic carbocycles. The van der Waals surface area contributed by atoms with Gasteiger partial charge in [-0.3, -0.25) is 14.4 Å². The quantitative estimate of drug-likeness (QED) is 0.296. The van der Waals surface area contributed by atoms with E-state index >= 15 is 0 Å². The van der Waals surface area contributed by atoms with Gasteiger partial charge in [0.15, 0.2) is 11.4 Å². The van der Waals surface area contributed by atoms with Crippen LogP contribution in [0.25, 0.3) is 0 Å². The number of ether oxygens (including phenoxy) is 1. The van der Waals surface area contributed by atoms with Gasteiger partial charge in [-0.1, -0.05) is 31.9 Å². The van der Waals surface area contributed by atoms with Gasteiger partial charge in [0.05, 0.1) is 6.61 Å². The molecule has 0 aliphatic heterocycles. The monoisotopic (exact) mass is 459 g/mol. The number of pyridine rings is 1. The number of hydrogen-bond donors (Lipinski definition) is 3. The van der Waals surface area contributed by atoms with Gasteiger partial charge in [-0.2, -0.15) is 0 Å². The van der Waals surface area contributed by atoms with E-state index in [9.17, 15) is 23.6 Å². The first-order valence-electron chi connectivity index (χ1n) is 11.1. The van der Waals surface area contributed by atoms with Crippen molar-refractivity contribution in [2.75, 3.05) is 13.2 Å². The summed E-state index contributed by atoms with van der Waals surface area (Å²) in [7, 11) is 0. The first-order valence-corrected chi connectivity index (χ1v) is 11.1. The van der Waals surface area contributed by atoms with Gasteiger partial charge in [0, 0.05) is 25.7 Å². The maximum absolute atomic E-state index is 13.0. The number of aromatic nitrogens is 1. The summed E-state index contributed by atoms with van der Waals surface area (Å²) in [5.41, 5.74) is -0.240. The van der Waals surface area contributed by atoms with Crippen LogP contribution >= 0.6 is 0 Å². The van der Waals surface area contributed by atoms with Crippen LogP contribution in [-0.2, 0) is 11.3 Å². The molecule has 0 unspecified atom stereocenters. The largest absolute Gasteiger partial charge is 0.487 e. The number of carbonyl (C=O) groups is 3. The predicted octanol–water partition coefficient (Wildman–Crippen LogP) is 3.11. The number of aldehydes is 1. The molecule has 0 aliphatic rings. The number of unbranched alkanes of at least 4 members (excludes halogenated alkanes) is 4. The molecule has 178 valence electrons. The highest BCUT2D eigenvalue weighted by Crippen LogP contribution is 2.13. The van der Waals surface area contributed by atoms with Crippen molar-refractivity contribution in [2.24, 2.45) is 0 Å². The molecule has 33 heavy (non-hydrogen) atoms. The fraction of sp³-hybridized carbons (Fsp3) is 0.417. The van der Waals surface area contributed by atoms with Gasteiger partial charge in [0.2, 0.25) is 5.43 Å². The van der Waals surface area contributed by atoms with E-state index in [4.69, 9.17) is 4.74 Å². The Kier molecular flexibility index (Phi) is 10.8. The standard InChI is InChI=1S/C24H30FN3O5/c1-2-3-14-33-22-20(24(32)26-12-6-4-5-7-13-29)27-16-19(21(22)30)23(31)28-15-17-8-10-18(25)11-9-17/h8-11,13,16H,2-7,12,14-15H2,1H3,(H,26,32)(H,27,30)(H,28,31). The molecule has 3 N–H and O–H groups in total. The van der Waals surface area contributed by atoms with Gasteiger partial charge in [0.1, 0.15) is 17.7 Å². The minimum absolute atomic E-state index is 0.0425. The molecule has 2 amide bonds. The summed E-state index contributed by atoms with van der Waals surface area (Å²) in [6.07, 6.45) is 6.29. The van der Waals surface area contributed by atoms with E-state index in [0.29, 0.717) is 31.4 Å². The number of aromatic amines is 1. The highest BCUT2D eigenvalue weighted by molar-refractivity contribution is 5.98. The van der Waals surface area contributed by atoms with E-state index in [1.54, 1.807) is 0 Å². The number of H-pyrrole nitrogens is 1. The molecule has 0 aliphatic carbocycles. The molecule has 0 radical (unpaired) electrons. The fourth-order valence-electron chi connectivity index (χ4n) is 3.00. The van der Waals surface area contributed by atoms with Crippen molar-refractivity contribution in [2.45, 2.75) is 52.0 Å². The Morgan fingerprint density at radius 3 is 2.52 bits per heavy atom. The van der Waals surface area contributed by atoms with Gasteiger partial charge < -0.3 is 25.1 Å². The first kappa shape index (κ1) is 25.8. The summed E-state index contributed by atoms with van der Waals surface area (Å²) in [6.45, 7) is 2.68. The summed E-state index contributed by atoms with van der Waals surface area (Å²) in [5.74, 6) is -1.73. The molecule has 0 saturated carbocycles. The zero-order valence-electron chi connectivity index (χ0n) is 18.7. The summed E-state index contributed by atoms with van der Waals surface area (Å²) in [4.78, 5) is 51.2. The second-order valence-electron chi connectivity index (χ2n) is 7.52. The van der Waals surface area contributed by atoms with Crippen LogP contribution in [0.5, 0.6) is 5.75 Å². The molecule has 2 rings (SSSR count). The lowest BCUT2D eigenvalue weighted by Gasteiger charge is -2.13. The van der Waals surface area contributed by atoms with E-state index in [-0.39, 0.29) is 36.0 Å². The SMILES string of the molecule is CCCCOc1c(C(=O)NCCCCCC=O)[nH]cc(C(=O)NCc2ccc(F)cc2)c1=O. The van der Waals surface area contributed by atoms with Crippen molar-refractivity contribution >= 4 is 18.1 Å². The zero-order valence-corrected chi connectivity index (χ0v) is 18.7. The fourth-order valence-corrected chi connectivity index (χ4v) is 3.00. The molecule has 0 fully saturated rings. The number of carbonyl (C=O) groups excluding carboxylic acids is 3. The van der Waals surface area contributed by atoms with Gasteiger partial charge in [-0.25, -0.2) is 4.39 Å². The van der Waals surface area contributed by atoms with Gasteiger partial charge >= 0.3 is 0 Å². The van der Waals surface area contributed by atoms with Crippen LogP contribution in [0.2, 0.25) is 0 Å². The van der Waals surface area contributed by atoms with Crippen LogP contribution in [-0.4, -0.2) is 36.2 Å². The van der Waals surface area contributed by atoms with E-state index in [0.717, 1.165) is 25.5 Å². The molecule has 2 aromatic rings. The van der Waals surface area contributed by atoms with E-state index in [2.05, 4.69) is 15.6 Å². The molecule has 9 heteroatoms. The maximum atomic E-state index is 13.0. The Hall–Kier alpha value is -3.49. The lowest BCUT2D eigenvalue weighted by molar-refractivity contribution is -0.107. The summed E-state index contributed by atoms with van der Waals surface area (Å²) in [6, 6.07) is 5.63. The molecule has 1 heterocycles.